The summed E-state index contributed by atoms with van der Waals surface area (Å²) < 4.78 is 23.5. The Morgan fingerprint density at radius 3 is 2.43 bits per heavy atom. The van der Waals surface area contributed by atoms with Crippen LogP contribution in [-0.2, 0) is 14.6 Å². The minimum absolute atomic E-state index is 0.0472. The second-order valence-electron chi connectivity index (χ2n) is 4.85. The van der Waals surface area contributed by atoms with Gasteiger partial charge in [-0.1, -0.05) is 19.8 Å². The van der Waals surface area contributed by atoms with Crippen LogP contribution in [0.3, 0.4) is 0 Å². The summed E-state index contributed by atoms with van der Waals surface area (Å²) in [6, 6.07) is 8.41. The van der Waals surface area contributed by atoms with Gasteiger partial charge in [-0.3, -0.25) is 4.79 Å². The Morgan fingerprint density at radius 2 is 1.86 bits per heavy atom. The maximum Gasteiger partial charge on any atom is 0.225 e. The van der Waals surface area contributed by atoms with Crippen LogP contribution in [0.4, 0.5) is 5.69 Å². The van der Waals surface area contributed by atoms with E-state index in [-0.39, 0.29) is 23.8 Å². The third kappa shape index (κ3) is 6.91. The molecule has 0 aliphatic rings. The van der Waals surface area contributed by atoms with Crippen molar-refractivity contribution in [2.24, 2.45) is 0 Å². The summed E-state index contributed by atoms with van der Waals surface area (Å²) in [6.45, 7) is 2.01. The Bertz CT molecular complexity index is 601. The van der Waals surface area contributed by atoms with Gasteiger partial charge in [0.25, 0.3) is 0 Å². The van der Waals surface area contributed by atoms with Crippen molar-refractivity contribution in [1.29, 1.82) is 5.26 Å². The molecule has 0 fully saturated rings. The van der Waals surface area contributed by atoms with E-state index >= 15 is 0 Å². The van der Waals surface area contributed by atoms with E-state index in [1.807, 2.05) is 13.0 Å². The van der Waals surface area contributed by atoms with Crippen molar-refractivity contribution in [1.82, 2.24) is 0 Å². The lowest BCUT2D eigenvalue weighted by atomic mass is 10.2. The first-order valence-electron chi connectivity index (χ1n) is 6.97. The molecule has 1 N–H and O–H groups in total. The van der Waals surface area contributed by atoms with E-state index in [9.17, 15) is 13.2 Å². The fourth-order valence-electron chi connectivity index (χ4n) is 1.77. The molecule has 1 aromatic rings. The van der Waals surface area contributed by atoms with Crippen LogP contribution in [0.5, 0.6) is 0 Å². The molecule has 1 amide bonds. The van der Waals surface area contributed by atoms with Crippen molar-refractivity contribution in [2.45, 2.75) is 32.6 Å². The fourth-order valence-corrected chi connectivity index (χ4v) is 3.12. The maximum absolute atomic E-state index is 11.7. The van der Waals surface area contributed by atoms with Gasteiger partial charge in [-0.05, 0) is 30.7 Å². The SMILES string of the molecule is CCCCCS(=O)(=O)CCC(=O)Nc1ccc(C#N)cc1. The number of hydrogen-bond donors (Lipinski definition) is 1. The Hall–Kier alpha value is -1.87. The predicted octanol–water partition coefficient (Wildman–Crippen LogP) is 2.49. The van der Waals surface area contributed by atoms with Crippen molar-refractivity contribution in [3.8, 4) is 6.07 Å². The summed E-state index contributed by atoms with van der Waals surface area (Å²) in [5, 5.41) is 11.3. The van der Waals surface area contributed by atoms with Gasteiger partial charge in [0.05, 0.1) is 23.1 Å². The van der Waals surface area contributed by atoms with E-state index in [0.717, 1.165) is 12.8 Å². The maximum atomic E-state index is 11.7. The van der Waals surface area contributed by atoms with E-state index in [4.69, 9.17) is 5.26 Å². The molecule has 114 valence electrons. The van der Waals surface area contributed by atoms with Crippen LogP contribution in [-0.4, -0.2) is 25.8 Å². The van der Waals surface area contributed by atoms with Gasteiger partial charge >= 0.3 is 0 Å². The number of rotatable bonds is 8. The van der Waals surface area contributed by atoms with Gasteiger partial charge in [-0.15, -0.1) is 0 Å². The third-order valence-corrected chi connectivity index (χ3v) is 4.73. The molecule has 0 atom stereocenters. The molecule has 0 aromatic heterocycles. The van der Waals surface area contributed by atoms with Crippen LogP contribution in [0, 0.1) is 11.3 Å². The third-order valence-electron chi connectivity index (χ3n) is 3.00. The lowest BCUT2D eigenvalue weighted by Gasteiger charge is -2.06. The zero-order chi connectivity index (χ0) is 15.7. The quantitative estimate of drug-likeness (QED) is 0.747. The van der Waals surface area contributed by atoms with Gasteiger partial charge in [0, 0.05) is 12.1 Å². The fraction of sp³-hybridized carbons (Fsp3) is 0.467. The Labute approximate surface area is 125 Å². The number of hydrogen-bond acceptors (Lipinski definition) is 4. The summed E-state index contributed by atoms with van der Waals surface area (Å²) in [5.74, 6) is -0.317. The molecule has 0 aliphatic heterocycles. The van der Waals surface area contributed by atoms with Gasteiger partial charge in [-0.2, -0.15) is 5.26 Å². The molecule has 0 unspecified atom stereocenters. The van der Waals surface area contributed by atoms with Gasteiger partial charge in [0.2, 0.25) is 5.91 Å². The van der Waals surface area contributed by atoms with Gasteiger partial charge in [-0.25, -0.2) is 8.42 Å². The van der Waals surface area contributed by atoms with Gasteiger partial charge < -0.3 is 5.32 Å². The van der Waals surface area contributed by atoms with Crippen LogP contribution < -0.4 is 5.32 Å². The number of carbonyl (C=O) groups excluding carboxylic acids is 1. The number of nitriles is 1. The molecule has 1 aromatic carbocycles. The zero-order valence-corrected chi connectivity index (χ0v) is 12.9. The molecule has 0 saturated heterocycles. The summed E-state index contributed by atoms with van der Waals surface area (Å²) in [7, 11) is -3.16. The minimum Gasteiger partial charge on any atom is -0.326 e. The van der Waals surface area contributed by atoms with E-state index in [0.29, 0.717) is 17.7 Å². The lowest BCUT2D eigenvalue weighted by Crippen LogP contribution is -2.19. The molecule has 21 heavy (non-hydrogen) atoms. The molecule has 0 spiro atoms. The number of unbranched alkanes of at least 4 members (excludes halogenated alkanes) is 2. The van der Waals surface area contributed by atoms with Crippen molar-refractivity contribution in [3.05, 3.63) is 29.8 Å². The first-order valence-corrected chi connectivity index (χ1v) is 8.79. The molecule has 5 nitrogen and oxygen atoms in total. The average molecular weight is 308 g/mol. The second kappa shape index (κ2) is 8.42. The molecular formula is C15H20N2O3S. The predicted molar refractivity (Wildman–Crippen MR) is 82.6 cm³/mol. The van der Waals surface area contributed by atoms with E-state index in [2.05, 4.69) is 5.32 Å². The second-order valence-corrected chi connectivity index (χ2v) is 7.15. The number of nitrogens with zero attached hydrogens (tertiary/aromatic N) is 1. The summed E-state index contributed by atoms with van der Waals surface area (Å²) >= 11 is 0. The lowest BCUT2D eigenvalue weighted by molar-refractivity contribution is -0.115. The largest absolute Gasteiger partial charge is 0.326 e. The van der Waals surface area contributed by atoms with E-state index in [1.165, 1.54) is 0 Å². The van der Waals surface area contributed by atoms with Crippen molar-refractivity contribution in [3.63, 3.8) is 0 Å². The molecule has 0 bridgehead atoms. The number of amides is 1. The molecule has 1 rings (SSSR count). The number of benzene rings is 1. The van der Waals surface area contributed by atoms with Crippen molar-refractivity contribution < 1.29 is 13.2 Å². The monoisotopic (exact) mass is 308 g/mol. The van der Waals surface area contributed by atoms with Crippen LogP contribution in [0.1, 0.15) is 38.2 Å². The smallest absolute Gasteiger partial charge is 0.225 e. The first kappa shape index (κ1) is 17.2. The molecule has 0 aliphatic carbocycles. The van der Waals surface area contributed by atoms with E-state index < -0.39 is 9.84 Å². The minimum atomic E-state index is -3.16. The normalized spacial score (nSPS) is 10.9. The Kier molecular flexibility index (Phi) is 6.89. The summed E-state index contributed by atoms with van der Waals surface area (Å²) in [5.41, 5.74) is 1.06. The topological polar surface area (TPSA) is 87.0 Å². The number of carbonyl (C=O) groups is 1. The first-order chi connectivity index (χ1) is 9.96. The molecule has 0 radical (unpaired) electrons. The van der Waals surface area contributed by atoms with Gasteiger partial charge in [0.15, 0.2) is 9.84 Å². The zero-order valence-electron chi connectivity index (χ0n) is 12.1. The Morgan fingerprint density at radius 1 is 1.19 bits per heavy atom. The van der Waals surface area contributed by atoms with Crippen LogP contribution in [0.15, 0.2) is 24.3 Å². The highest BCUT2D eigenvalue weighted by molar-refractivity contribution is 7.91. The van der Waals surface area contributed by atoms with Crippen molar-refractivity contribution >= 4 is 21.4 Å². The molecular weight excluding hydrogens is 288 g/mol. The number of sulfone groups is 1. The Balaban J connectivity index is 2.41. The molecule has 0 saturated carbocycles. The highest BCUT2D eigenvalue weighted by atomic mass is 32.2. The summed E-state index contributed by atoms with van der Waals surface area (Å²) in [6.07, 6.45) is 2.45. The van der Waals surface area contributed by atoms with Crippen LogP contribution >= 0.6 is 0 Å². The average Bonchev–Trinajstić information content (AvgIpc) is 2.46. The van der Waals surface area contributed by atoms with Gasteiger partial charge in [0.1, 0.15) is 0 Å². The molecule has 6 heteroatoms. The molecule has 0 heterocycles. The van der Waals surface area contributed by atoms with E-state index in [1.54, 1.807) is 24.3 Å². The number of nitrogens with one attached hydrogen (secondary N) is 1. The summed E-state index contributed by atoms with van der Waals surface area (Å²) in [4.78, 5) is 11.7. The number of anilines is 1. The van der Waals surface area contributed by atoms with Crippen LogP contribution in [0.25, 0.3) is 0 Å². The van der Waals surface area contributed by atoms with Crippen molar-refractivity contribution in [2.75, 3.05) is 16.8 Å². The highest BCUT2D eigenvalue weighted by Crippen LogP contribution is 2.09. The standard InChI is InChI=1S/C15H20N2O3S/c1-2-3-4-10-21(19,20)11-9-15(18)17-14-7-5-13(12-16)6-8-14/h5-8H,2-4,9-11H2,1H3,(H,17,18). The highest BCUT2D eigenvalue weighted by Gasteiger charge is 2.13. The van der Waals surface area contributed by atoms with Crippen LogP contribution in [0.2, 0.25) is 0 Å².